The summed E-state index contributed by atoms with van der Waals surface area (Å²) in [5.41, 5.74) is 3.56. The second-order valence-corrected chi connectivity index (χ2v) is 9.39. The summed E-state index contributed by atoms with van der Waals surface area (Å²) in [6.07, 6.45) is 1.85. The molecule has 35 heavy (non-hydrogen) atoms. The smallest absolute Gasteiger partial charge is 0.266 e. The number of benzene rings is 3. The number of aryl methyl sites for hydroxylation is 1. The predicted octanol–water partition coefficient (Wildman–Crippen LogP) is 6.02. The Hall–Kier alpha value is -3.84. The number of nitrogens with zero attached hydrogens (tertiary/aromatic N) is 2. The number of hydrogen-bond acceptors (Lipinski definition) is 5. The second kappa shape index (κ2) is 11.1. The van der Waals surface area contributed by atoms with E-state index in [4.69, 9.17) is 9.73 Å². The van der Waals surface area contributed by atoms with Crippen LogP contribution in [0, 0.1) is 6.92 Å². The molecule has 1 saturated heterocycles. The van der Waals surface area contributed by atoms with Gasteiger partial charge in [0, 0.05) is 11.7 Å². The lowest BCUT2D eigenvalue weighted by Crippen LogP contribution is -2.35. The number of amidine groups is 1. The number of amides is 2. The molecule has 1 fully saturated rings. The first-order valence-corrected chi connectivity index (χ1v) is 12.2. The SMILES string of the molecule is Cc1ccc(N=C2S/C(=C/c3ccc(OCC(=O)Nc4ccccc4)cc3)C(=O)N2C(C)C)cc1. The van der Waals surface area contributed by atoms with Crippen LogP contribution in [0.5, 0.6) is 5.75 Å². The summed E-state index contributed by atoms with van der Waals surface area (Å²) < 4.78 is 5.59. The van der Waals surface area contributed by atoms with Gasteiger partial charge in [-0.3, -0.25) is 14.5 Å². The first-order valence-electron chi connectivity index (χ1n) is 11.4. The van der Waals surface area contributed by atoms with Crippen molar-refractivity contribution in [2.24, 2.45) is 4.99 Å². The monoisotopic (exact) mass is 485 g/mol. The van der Waals surface area contributed by atoms with E-state index in [0.717, 1.165) is 22.5 Å². The fraction of sp³-hybridized carbons (Fsp3) is 0.179. The van der Waals surface area contributed by atoms with Gasteiger partial charge in [0.25, 0.3) is 11.8 Å². The van der Waals surface area contributed by atoms with Gasteiger partial charge < -0.3 is 10.1 Å². The van der Waals surface area contributed by atoms with E-state index in [2.05, 4.69) is 5.32 Å². The van der Waals surface area contributed by atoms with E-state index < -0.39 is 0 Å². The Kier molecular flexibility index (Phi) is 7.67. The maximum atomic E-state index is 13.1. The first-order chi connectivity index (χ1) is 16.9. The molecule has 1 heterocycles. The van der Waals surface area contributed by atoms with Crippen molar-refractivity contribution in [1.82, 2.24) is 4.90 Å². The van der Waals surface area contributed by atoms with Crippen LogP contribution in [0.25, 0.3) is 6.08 Å². The fourth-order valence-electron chi connectivity index (χ4n) is 3.43. The van der Waals surface area contributed by atoms with Crippen molar-refractivity contribution in [2.75, 3.05) is 11.9 Å². The van der Waals surface area contributed by atoms with Crippen molar-refractivity contribution < 1.29 is 14.3 Å². The molecule has 0 bridgehead atoms. The summed E-state index contributed by atoms with van der Waals surface area (Å²) in [6.45, 7) is 5.89. The Balaban J connectivity index is 1.42. The van der Waals surface area contributed by atoms with Gasteiger partial charge in [-0.1, -0.05) is 48.0 Å². The molecule has 1 aliphatic rings. The number of anilines is 1. The predicted molar refractivity (Wildman–Crippen MR) is 143 cm³/mol. The number of thioether (sulfide) groups is 1. The zero-order valence-electron chi connectivity index (χ0n) is 19.9. The molecule has 0 aliphatic carbocycles. The molecule has 0 unspecified atom stereocenters. The lowest BCUT2D eigenvalue weighted by atomic mass is 10.2. The standard InChI is InChI=1S/C28H27N3O3S/c1-19(2)31-27(33)25(35-28(31)30-23-13-9-20(3)10-14-23)17-21-11-15-24(16-12-21)34-18-26(32)29-22-7-5-4-6-8-22/h4-17,19H,18H2,1-3H3,(H,29,32)/b25-17+,30-28?. The van der Waals surface area contributed by atoms with E-state index in [1.165, 1.54) is 11.8 Å². The van der Waals surface area contributed by atoms with E-state index >= 15 is 0 Å². The number of para-hydroxylation sites is 1. The van der Waals surface area contributed by atoms with Gasteiger partial charge in [-0.05, 0) is 80.6 Å². The van der Waals surface area contributed by atoms with Gasteiger partial charge in [0.15, 0.2) is 11.8 Å². The molecule has 0 radical (unpaired) electrons. The molecule has 3 aromatic carbocycles. The average Bonchev–Trinajstić information content (AvgIpc) is 3.15. The molecule has 4 rings (SSSR count). The average molecular weight is 486 g/mol. The number of carbonyl (C=O) groups is 2. The van der Waals surface area contributed by atoms with Crippen molar-refractivity contribution in [3.63, 3.8) is 0 Å². The first kappa shape index (κ1) is 24.3. The van der Waals surface area contributed by atoms with E-state index in [-0.39, 0.29) is 24.5 Å². The van der Waals surface area contributed by atoms with Crippen molar-refractivity contribution >= 4 is 46.2 Å². The zero-order valence-corrected chi connectivity index (χ0v) is 20.7. The third kappa shape index (κ3) is 6.39. The molecule has 1 aliphatic heterocycles. The Morgan fingerprint density at radius 2 is 1.71 bits per heavy atom. The van der Waals surface area contributed by atoms with Gasteiger partial charge in [-0.15, -0.1) is 0 Å². The Labute approximate surface area is 209 Å². The highest BCUT2D eigenvalue weighted by Crippen LogP contribution is 2.35. The molecule has 7 heteroatoms. The number of aliphatic imine (C=N–C) groups is 1. The van der Waals surface area contributed by atoms with Crippen LogP contribution in [-0.2, 0) is 9.59 Å². The van der Waals surface area contributed by atoms with Gasteiger partial charge in [-0.2, -0.15) is 0 Å². The molecule has 0 saturated carbocycles. The third-order valence-corrected chi connectivity index (χ3v) is 6.20. The third-order valence-electron chi connectivity index (χ3n) is 5.22. The molecule has 178 valence electrons. The van der Waals surface area contributed by atoms with E-state index in [9.17, 15) is 9.59 Å². The minimum Gasteiger partial charge on any atom is -0.484 e. The number of nitrogens with one attached hydrogen (secondary N) is 1. The van der Waals surface area contributed by atoms with Crippen molar-refractivity contribution in [1.29, 1.82) is 0 Å². The number of rotatable bonds is 7. The quantitative estimate of drug-likeness (QED) is 0.415. The highest BCUT2D eigenvalue weighted by atomic mass is 32.2. The summed E-state index contributed by atoms with van der Waals surface area (Å²) >= 11 is 1.37. The van der Waals surface area contributed by atoms with Crippen LogP contribution in [-0.4, -0.2) is 34.5 Å². The van der Waals surface area contributed by atoms with Gasteiger partial charge in [0.1, 0.15) is 5.75 Å². The minimum absolute atomic E-state index is 0.0112. The van der Waals surface area contributed by atoms with Gasteiger partial charge in [0.05, 0.1) is 10.6 Å². The zero-order chi connectivity index (χ0) is 24.8. The lowest BCUT2D eigenvalue weighted by Gasteiger charge is -2.19. The van der Waals surface area contributed by atoms with E-state index in [0.29, 0.717) is 15.8 Å². The topological polar surface area (TPSA) is 71.0 Å². The molecular weight excluding hydrogens is 458 g/mol. The van der Waals surface area contributed by atoms with Crippen molar-refractivity contribution in [3.05, 3.63) is 94.9 Å². The fourth-order valence-corrected chi connectivity index (χ4v) is 4.55. The minimum atomic E-state index is -0.232. The van der Waals surface area contributed by atoms with Crippen LogP contribution in [0.4, 0.5) is 11.4 Å². The molecule has 1 N–H and O–H groups in total. The summed E-state index contributed by atoms with van der Waals surface area (Å²) in [6, 6.07) is 24.4. The van der Waals surface area contributed by atoms with Crippen LogP contribution >= 0.6 is 11.8 Å². The van der Waals surface area contributed by atoms with Gasteiger partial charge in [0.2, 0.25) is 0 Å². The molecule has 6 nitrogen and oxygen atoms in total. The highest BCUT2D eigenvalue weighted by molar-refractivity contribution is 8.18. The van der Waals surface area contributed by atoms with E-state index in [1.807, 2.05) is 93.6 Å². The molecule has 0 aromatic heterocycles. The van der Waals surface area contributed by atoms with Crippen LogP contribution in [0.1, 0.15) is 25.0 Å². The maximum absolute atomic E-state index is 13.1. The van der Waals surface area contributed by atoms with Crippen LogP contribution in [0.2, 0.25) is 0 Å². The van der Waals surface area contributed by atoms with E-state index in [1.54, 1.807) is 17.0 Å². The Bertz CT molecular complexity index is 1250. The second-order valence-electron chi connectivity index (χ2n) is 8.38. The molecule has 3 aromatic rings. The van der Waals surface area contributed by atoms with Crippen LogP contribution in [0.15, 0.2) is 88.8 Å². The number of carbonyl (C=O) groups excluding carboxylic acids is 2. The largest absolute Gasteiger partial charge is 0.484 e. The van der Waals surface area contributed by atoms with Crippen molar-refractivity contribution in [2.45, 2.75) is 26.8 Å². The summed E-state index contributed by atoms with van der Waals surface area (Å²) in [5, 5.41) is 3.46. The summed E-state index contributed by atoms with van der Waals surface area (Å²) in [4.78, 5) is 32.2. The number of ether oxygens (including phenoxy) is 1. The highest BCUT2D eigenvalue weighted by Gasteiger charge is 2.35. The molecular formula is C28H27N3O3S. The lowest BCUT2D eigenvalue weighted by molar-refractivity contribution is -0.123. The number of hydrogen-bond donors (Lipinski definition) is 1. The Morgan fingerprint density at radius 3 is 2.37 bits per heavy atom. The van der Waals surface area contributed by atoms with Crippen molar-refractivity contribution in [3.8, 4) is 5.75 Å². The molecule has 2 amide bonds. The van der Waals surface area contributed by atoms with Crippen LogP contribution < -0.4 is 10.1 Å². The summed E-state index contributed by atoms with van der Waals surface area (Å²) in [7, 11) is 0. The van der Waals surface area contributed by atoms with Gasteiger partial charge in [-0.25, -0.2) is 4.99 Å². The Morgan fingerprint density at radius 1 is 1.03 bits per heavy atom. The molecule has 0 atom stereocenters. The maximum Gasteiger partial charge on any atom is 0.266 e. The van der Waals surface area contributed by atoms with Crippen LogP contribution in [0.3, 0.4) is 0 Å². The summed E-state index contributed by atoms with van der Waals surface area (Å²) in [5.74, 6) is 0.282. The van der Waals surface area contributed by atoms with Gasteiger partial charge >= 0.3 is 0 Å². The molecule has 0 spiro atoms. The normalized spacial score (nSPS) is 15.8.